The molecule has 0 radical (unpaired) electrons. The molecular weight excluding hydrogens is 294 g/mol. The molecule has 0 fully saturated rings. The highest BCUT2D eigenvalue weighted by Crippen LogP contribution is 2.32. The number of phenolic OH excluding ortho intramolecular Hbond substituents is 1. The Bertz CT molecular complexity index is 437. The molecule has 1 rings (SSSR count). The Labute approximate surface area is 106 Å². The number of halogens is 1. The summed E-state index contributed by atoms with van der Waals surface area (Å²) in [5, 5.41) is 13.5. The second-order valence-corrected chi connectivity index (χ2v) is 4.14. The molecule has 0 amide bonds. The molecule has 4 N–H and O–H groups in total. The average Bonchev–Trinajstić information content (AvgIpc) is 2.22. The molecule has 7 heteroatoms. The Kier molecular flexibility index (Phi) is 4.51. The van der Waals surface area contributed by atoms with Gasteiger partial charge in [0.25, 0.3) is 0 Å². The van der Waals surface area contributed by atoms with Crippen molar-refractivity contribution in [2.75, 3.05) is 7.11 Å². The summed E-state index contributed by atoms with van der Waals surface area (Å²) in [6.45, 7) is 0. The second-order valence-electron chi connectivity index (χ2n) is 2.78. The molecule has 0 spiro atoms. The van der Waals surface area contributed by atoms with Crippen molar-refractivity contribution in [2.24, 2.45) is 10.8 Å². The number of hydrogen-bond donors (Lipinski definition) is 3. The Balaban J connectivity index is 2.99. The van der Waals surface area contributed by atoms with Gasteiger partial charge in [-0.25, -0.2) is 0 Å². The minimum Gasteiger partial charge on any atom is -0.504 e. The van der Waals surface area contributed by atoms with E-state index < -0.39 is 0 Å². The number of hydrazone groups is 1. The van der Waals surface area contributed by atoms with Crippen LogP contribution in [-0.4, -0.2) is 23.5 Å². The number of nitrogens with one attached hydrogen (secondary N) is 1. The molecule has 0 aliphatic carbocycles. The van der Waals surface area contributed by atoms with Gasteiger partial charge < -0.3 is 15.6 Å². The first kappa shape index (κ1) is 12.7. The van der Waals surface area contributed by atoms with E-state index in [1.54, 1.807) is 12.1 Å². The Morgan fingerprint density at radius 3 is 2.94 bits per heavy atom. The van der Waals surface area contributed by atoms with Crippen molar-refractivity contribution in [2.45, 2.75) is 0 Å². The van der Waals surface area contributed by atoms with Gasteiger partial charge >= 0.3 is 0 Å². The highest BCUT2D eigenvalue weighted by atomic mass is 79.9. The molecule has 16 heavy (non-hydrogen) atoms. The van der Waals surface area contributed by atoms with Gasteiger partial charge in [-0.2, -0.15) is 5.10 Å². The van der Waals surface area contributed by atoms with Gasteiger partial charge in [-0.15, -0.1) is 0 Å². The first-order chi connectivity index (χ1) is 7.54. The molecular formula is C9H10BrN3O2S. The van der Waals surface area contributed by atoms with E-state index in [1.165, 1.54) is 13.3 Å². The van der Waals surface area contributed by atoms with Crippen molar-refractivity contribution >= 4 is 39.5 Å². The number of nitrogens with two attached hydrogens (primary N) is 1. The lowest BCUT2D eigenvalue weighted by Crippen LogP contribution is -2.24. The number of benzene rings is 1. The molecule has 0 saturated carbocycles. The van der Waals surface area contributed by atoms with E-state index in [1.807, 2.05) is 0 Å². The standard InChI is InChI=1S/C9H10BrN3O2S/c1-15-7-3-6(10)2-5(8(7)14)4-12-13-9(11)16/h2-4,14H,1H3,(H3,11,13,16)/b12-4+. The zero-order valence-corrected chi connectivity index (χ0v) is 10.8. The van der Waals surface area contributed by atoms with E-state index >= 15 is 0 Å². The van der Waals surface area contributed by atoms with Crippen LogP contribution in [0.1, 0.15) is 5.56 Å². The van der Waals surface area contributed by atoms with Gasteiger partial charge in [0.15, 0.2) is 16.6 Å². The van der Waals surface area contributed by atoms with Crippen molar-refractivity contribution in [1.29, 1.82) is 0 Å². The summed E-state index contributed by atoms with van der Waals surface area (Å²) in [7, 11) is 1.47. The molecule has 1 aromatic rings. The van der Waals surface area contributed by atoms with Gasteiger partial charge in [-0.1, -0.05) is 15.9 Å². The van der Waals surface area contributed by atoms with Gasteiger partial charge in [0.1, 0.15) is 0 Å². The van der Waals surface area contributed by atoms with Gasteiger partial charge in [-0.3, -0.25) is 5.43 Å². The van der Waals surface area contributed by atoms with Crippen LogP contribution in [0.25, 0.3) is 0 Å². The van der Waals surface area contributed by atoms with Gasteiger partial charge in [0.05, 0.1) is 13.3 Å². The molecule has 0 aliphatic heterocycles. The van der Waals surface area contributed by atoms with E-state index in [0.29, 0.717) is 11.3 Å². The van der Waals surface area contributed by atoms with Crippen molar-refractivity contribution < 1.29 is 9.84 Å². The van der Waals surface area contributed by atoms with Crippen LogP contribution in [0.5, 0.6) is 11.5 Å². The summed E-state index contributed by atoms with van der Waals surface area (Å²) in [5.41, 5.74) is 8.06. The van der Waals surface area contributed by atoms with Crippen molar-refractivity contribution in [3.05, 3.63) is 22.2 Å². The molecule has 0 atom stereocenters. The van der Waals surface area contributed by atoms with Crippen LogP contribution in [0.4, 0.5) is 0 Å². The van der Waals surface area contributed by atoms with E-state index in [-0.39, 0.29) is 10.9 Å². The summed E-state index contributed by atoms with van der Waals surface area (Å²) >= 11 is 7.86. The molecule has 0 aliphatic rings. The predicted octanol–water partition coefficient (Wildman–Crippen LogP) is 1.33. The minimum atomic E-state index is -0.000750. The first-order valence-electron chi connectivity index (χ1n) is 4.19. The van der Waals surface area contributed by atoms with Crippen molar-refractivity contribution in [1.82, 2.24) is 5.43 Å². The molecule has 0 bridgehead atoms. The molecule has 86 valence electrons. The fourth-order valence-electron chi connectivity index (χ4n) is 1.01. The number of nitrogens with zero attached hydrogens (tertiary/aromatic N) is 1. The number of thiocarbonyl (C=S) groups is 1. The number of ether oxygens (including phenoxy) is 1. The lowest BCUT2D eigenvalue weighted by Gasteiger charge is -2.06. The second kappa shape index (κ2) is 5.66. The van der Waals surface area contributed by atoms with Crippen LogP contribution < -0.4 is 15.9 Å². The summed E-state index contributed by atoms with van der Waals surface area (Å²) in [4.78, 5) is 0. The Hall–Kier alpha value is -1.34. The topological polar surface area (TPSA) is 79.9 Å². The molecule has 1 aromatic carbocycles. The lowest BCUT2D eigenvalue weighted by atomic mass is 10.2. The average molecular weight is 304 g/mol. The van der Waals surface area contributed by atoms with Crippen LogP contribution in [-0.2, 0) is 0 Å². The molecule has 0 aromatic heterocycles. The largest absolute Gasteiger partial charge is 0.504 e. The number of rotatable bonds is 3. The fourth-order valence-corrected chi connectivity index (χ4v) is 1.52. The Morgan fingerprint density at radius 2 is 2.38 bits per heavy atom. The minimum absolute atomic E-state index is 0.000750. The molecule has 0 heterocycles. The third-order valence-corrected chi connectivity index (χ3v) is 2.22. The molecule has 0 unspecified atom stereocenters. The number of aromatic hydroxyl groups is 1. The summed E-state index contributed by atoms with van der Waals surface area (Å²) in [6.07, 6.45) is 1.39. The van der Waals surface area contributed by atoms with Crippen LogP contribution in [0.3, 0.4) is 0 Å². The predicted molar refractivity (Wildman–Crippen MR) is 69.9 cm³/mol. The Morgan fingerprint density at radius 1 is 1.69 bits per heavy atom. The van der Waals surface area contributed by atoms with Crippen molar-refractivity contribution in [3.8, 4) is 11.5 Å². The zero-order valence-electron chi connectivity index (χ0n) is 8.40. The SMILES string of the molecule is COc1cc(Br)cc(/C=N/NC(N)=S)c1O. The summed E-state index contributed by atoms with van der Waals surface area (Å²) in [6, 6.07) is 3.33. The van der Waals surface area contributed by atoms with Crippen LogP contribution >= 0.6 is 28.1 Å². The highest BCUT2D eigenvalue weighted by Gasteiger charge is 2.07. The fraction of sp³-hybridized carbons (Fsp3) is 0.111. The third kappa shape index (κ3) is 3.35. The van der Waals surface area contributed by atoms with Crippen molar-refractivity contribution in [3.63, 3.8) is 0 Å². The van der Waals surface area contributed by atoms with Crippen LogP contribution in [0, 0.1) is 0 Å². The zero-order chi connectivity index (χ0) is 12.1. The van der Waals surface area contributed by atoms with Crippen LogP contribution in [0.2, 0.25) is 0 Å². The maximum atomic E-state index is 9.75. The summed E-state index contributed by atoms with van der Waals surface area (Å²) < 4.78 is 5.74. The van der Waals surface area contributed by atoms with E-state index in [9.17, 15) is 5.11 Å². The molecule has 5 nitrogen and oxygen atoms in total. The van der Waals surface area contributed by atoms with Gasteiger partial charge in [0, 0.05) is 10.0 Å². The smallest absolute Gasteiger partial charge is 0.184 e. The number of methoxy groups -OCH3 is 1. The lowest BCUT2D eigenvalue weighted by molar-refractivity contribution is 0.373. The number of phenols is 1. The van der Waals surface area contributed by atoms with E-state index in [0.717, 1.165) is 4.47 Å². The summed E-state index contributed by atoms with van der Waals surface area (Å²) in [5.74, 6) is 0.352. The van der Waals surface area contributed by atoms with E-state index in [2.05, 4.69) is 38.7 Å². The van der Waals surface area contributed by atoms with Gasteiger partial charge in [0.2, 0.25) is 0 Å². The van der Waals surface area contributed by atoms with Gasteiger partial charge in [-0.05, 0) is 24.4 Å². The van der Waals surface area contributed by atoms with Crippen LogP contribution in [0.15, 0.2) is 21.7 Å². The number of hydrogen-bond acceptors (Lipinski definition) is 4. The normalized spacial score (nSPS) is 10.4. The maximum Gasteiger partial charge on any atom is 0.184 e. The maximum absolute atomic E-state index is 9.75. The quantitative estimate of drug-likeness (QED) is 0.446. The van der Waals surface area contributed by atoms with E-state index in [4.69, 9.17) is 10.5 Å². The first-order valence-corrected chi connectivity index (χ1v) is 5.39. The molecule has 0 saturated heterocycles. The third-order valence-electron chi connectivity index (χ3n) is 1.67. The monoisotopic (exact) mass is 303 g/mol. The highest BCUT2D eigenvalue weighted by molar-refractivity contribution is 9.10.